The molecular formula is C10H15NO. The van der Waals surface area contributed by atoms with Gasteiger partial charge in [0.25, 0.3) is 0 Å². The molecule has 0 aromatic rings. The zero-order valence-corrected chi connectivity index (χ0v) is 7.55. The van der Waals surface area contributed by atoms with Gasteiger partial charge in [0.15, 0.2) is 0 Å². The van der Waals surface area contributed by atoms with Crippen molar-refractivity contribution in [1.29, 1.82) is 0 Å². The molecule has 0 spiro atoms. The van der Waals surface area contributed by atoms with E-state index in [0.717, 1.165) is 19.4 Å². The molecule has 0 aromatic carbocycles. The largest absolute Gasteiger partial charge is 0.298 e. The van der Waals surface area contributed by atoms with Crippen LogP contribution < -0.4 is 0 Å². The second kappa shape index (κ2) is 4.27. The fraction of sp³-hybridized carbons (Fsp3) is 0.700. The minimum Gasteiger partial charge on any atom is -0.298 e. The van der Waals surface area contributed by atoms with E-state index in [0.29, 0.717) is 18.7 Å². The highest BCUT2D eigenvalue weighted by Gasteiger charge is 2.24. The summed E-state index contributed by atoms with van der Waals surface area (Å²) in [4.78, 5) is 13.1. The third kappa shape index (κ3) is 2.09. The maximum absolute atomic E-state index is 11.0. The van der Waals surface area contributed by atoms with Gasteiger partial charge in [-0.1, -0.05) is 19.3 Å². The molecule has 1 heterocycles. The summed E-state index contributed by atoms with van der Waals surface area (Å²) in [6.45, 7) is 3.53. The predicted octanol–water partition coefficient (Wildman–Crippen LogP) is 1.06. The Morgan fingerprint density at radius 1 is 1.75 bits per heavy atom. The highest BCUT2D eigenvalue weighted by Crippen LogP contribution is 2.12. The highest BCUT2D eigenvalue weighted by atomic mass is 16.1. The Bertz CT molecular complexity index is 204. The van der Waals surface area contributed by atoms with Crippen molar-refractivity contribution in [2.24, 2.45) is 0 Å². The smallest absolute Gasteiger partial charge is 0.148 e. The molecule has 1 aliphatic heterocycles. The zero-order chi connectivity index (χ0) is 8.97. The third-order valence-corrected chi connectivity index (χ3v) is 2.25. The molecule has 1 aliphatic rings. The predicted molar refractivity (Wildman–Crippen MR) is 48.7 cm³/mol. The molecule has 2 heteroatoms. The van der Waals surface area contributed by atoms with Gasteiger partial charge in [0, 0.05) is 13.0 Å². The number of carbonyl (C=O) groups is 1. The van der Waals surface area contributed by atoms with Crippen molar-refractivity contribution >= 4 is 5.78 Å². The van der Waals surface area contributed by atoms with E-state index in [1.165, 1.54) is 0 Å². The topological polar surface area (TPSA) is 20.3 Å². The van der Waals surface area contributed by atoms with Crippen LogP contribution in [0.4, 0.5) is 0 Å². The fourth-order valence-electron chi connectivity index (χ4n) is 1.56. The summed E-state index contributed by atoms with van der Waals surface area (Å²) in [5.41, 5.74) is 0. The van der Waals surface area contributed by atoms with Crippen LogP contribution in [0.25, 0.3) is 0 Å². The Hall–Kier alpha value is -0.810. The maximum atomic E-state index is 11.0. The Labute approximate surface area is 73.9 Å². The van der Waals surface area contributed by atoms with Gasteiger partial charge in [0.2, 0.25) is 0 Å². The summed E-state index contributed by atoms with van der Waals surface area (Å²) >= 11 is 0. The average Bonchev–Trinajstić information content (AvgIpc) is 2.47. The summed E-state index contributed by atoms with van der Waals surface area (Å²) in [7, 11) is 0. The maximum Gasteiger partial charge on any atom is 0.148 e. The van der Waals surface area contributed by atoms with Gasteiger partial charge >= 0.3 is 0 Å². The van der Waals surface area contributed by atoms with Crippen LogP contribution in [0.1, 0.15) is 26.2 Å². The van der Waals surface area contributed by atoms with Crippen LogP contribution >= 0.6 is 0 Å². The molecule has 1 atom stereocenters. The fourth-order valence-corrected chi connectivity index (χ4v) is 1.56. The second-order valence-corrected chi connectivity index (χ2v) is 3.23. The van der Waals surface area contributed by atoms with Gasteiger partial charge < -0.3 is 0 Å². The molecule has 0 radical (unpaired) electrons. The van der Waals surface area contributed by atoms with Crippen molar-refractivity contribution in [1.82, 2.24) is 4.90 Å². The summed E-state index contributed by atoms with van der Waals surface area (Å²) in [6, 6.07) is 0.182. The van der Waals surface area contributed by atoms with Gasteiger partial charge in [-0.3, -0.25) is 9.69 Å². The minimum atomic E-state index is 0.182. The molecule has 66 valence electrons. The molecule has 0 bridgehead atoms. The number of carbonyl (C=O) groups excluding carboxylic acids is 1. The molecule has 1 rings (SSSR count). The lowest BCUT2D eigenvalue weighted by Gasteiger charge is -2.20. The number of nitrogens with zero attached hydrogens (tertiary/aromatic N) is 1. The van der Waals surface area contributed by atoms with Crippen molar-refractivity contribution in [3.05, 3.63) is 0 Å². The van der Waals surface area contributed by atoms with Gasteiger partial charge in [-0.25, -0.2) is 0 Å². The highest BCUT2D eigenvalue weighted by molar-refractivity contribution is 5.82. The average molecular weight is 165 g/mol. The number of ketones is 1. The first-order chi connectivity index (χ1) is 5.77. The van der Waals surface area contributed by atoms with Gasteiger partial charge in [0.1, 0.15) is 5.78 Å². The third-order valence-electron chi connectivity index (χ3n) is 2.25. The Kier molecular flexibility index (Phi) is 3.31. The van der Waals surface area contributed by atoms with Gasteiger partial charge in [-0.05, 0) is 6.42 Å². The van der Waals surface area contributed by atoms with Crippen LogP contribution in [0.3, 0.4) is 0 Å². The van der Waals surface area contributed by atoms with E-state index < -0.39 is 0 Å². The summed E-state index contributed by atoms with van der Waals surface area (Å²) < 4.78 is 0. The first kappa shape index (κ1) is 9.28. The van der Waals surface area contributed by atoms with Crippen molar-refractivity contribution in [2.45, 2.75) is 32.2 Å². The van der Waals surface area contributed by atoms with Crippen LogP contribution in [-0.4, -0.2) is 29.8 Å². The number of rotatable bonds is 3. The van der Waals surface area contributed by atoms with Crippen LogP contribution in [0, 0.1) is 12.3 Å². The SMILES string of the molecule is C#CC(CCC)N1CCC(=O)C1. The Morgan fingerprint density at radius 3 is 2.92 bits per heavy atom. The molecule has 1 fully saturated rings. The van der Waals surface area contributed by atoms with E-state index in [4.69, 9.17) is 6.42 Å². The second-order valence-electron chi connectivity index (χ2n) is 3.23. The number of Topliss-reactive ketones (excluding diaryl/α,β-unsaturated/α-hetero) is 1. The molecule has 0 amide bonds. The molecule has 0 N–H and O–H groups in total. The van der Waals surface area contributed by atoms with Crippen molar-refractivity contribution in [3.63, 3.8) is 0 Å². The lowest BCUT2D eigenvalue weighted by atomic mass is 10.1. The van der Waals surface area contributed by atoms with Crippen LogP contribution in [0.15, 0.2) is 0 Å². The Balaban J connectivity index is 2.45. The molecule has 0 saturated carbocycles. The first-order valence-electron chi connectivity index (χ1n) is 4.49. The van der Waals surface area contributed by atoms with Crippen LogP contribution in [0.5, 0.6) is 0 Å². The van der Waals surface area contributed by atoms with E-state index >= 15 is 0 Å². The summed E-state index contributed by atoms with van der Waals surface area (Å²) in [5.74, 6) is 3.06. The van der Waals surface area contributed by atoms with Crippen LogP contribution in [-0.2, 0) is 4.79 Å². The standard InChI is InChI=1S/C10H15NO/c1-3-5-9(4-2)11-7-6-10(12)8-11/h2,9H,3,5-8H2,1H3. The normalized spacial score (nSPS) is 20.8. The van der Waals surface area contributed by atoms with Crippen molar-refractivity contribution < 1.29 is 4.79 Å². The van der Waals surface area contributed by atoms with Gasteiger partial charge in [-0.15, -0.1) is 6.42 Å². The van der Waals surface area contributed by atoms with E-state index in [1.807, 2.05) is 0 Å². The summed E-state index contributed by atoms with van der Waals surface area (Å²) in [6.07, 6.45) is 8.15. The lowest BCUT2D eigenvalue weighted by Crippen LogP contribution is -2.32. The van der Waals surface area contributed by atoms with Crippen molar-refractivity contribution in [2.75, 3.05) is 13.1 Å². The van der Waals surface area contributed by atoms with Gasteiger partial charge in [-0.2, -0.15) is 0 Å². The van der Waals surface area contributed by atoms with E-state index in [1.54, 1.807) is 0 Å². The number of hydrogen-bond acceptors (Lipinski definition) is 2. The monoisotopic (exact) mass is 165 g/mol. The molecule has 2 nitrogen and oxygen atoms in total. The molecular weight excluding hydrogens is 150 g/mol. The number of hydrogen-bond donors (Lipinski definition) is 0. The summed E-state index contributed by atoms with van der Waals surface area (Å²) in [5, 5.41) is 0. The number of likely N-dealkylation sites (tertiary alicyclic amines) is 1. The van der Waals surface area contributed by atoms with E-state index in [9.17, 15) is 4.79 Å². The molecule has 12 heavy (non-hydrogen) atoms. The Morgan fingerprint density at radius 2 is 2.50 bits per heavy atom. The van der Waals surface area contributed by atoms with E-state index in [-0.39, 0.29) is 6.04 Å². The molecule has 1 saturated heterocycles. The van der Waals surface area contributed by atoms with E-state index in [2.05, 4.69) is 17.7 Å². The molecule has 0 aromatic heterocycles. The molecule has 0 aliphatic carbocycles. The van der Waals surface area contributed by atoms with Crippen LogP contribution in [0.2, 0.25) is 0 Å². The minimum absolute atomic E-state index is 0.182. The van der Waals surface area contributed by atoms with Crippen molar-refractivity contribution in [3.8, 4) is 12.3 Å². The first-order valence-corrected chi connectivity index (χ1v) is 4.49. The lowest BCUT2D eigenvalue weighted by molar-refractivity contribution is -0.117. The molecule has 1 unspecified atom stereocenters. The zero-order valence-electron chi connectivity index (χ0n) is 7.55. The quantitative estimate of drug-likeness (QED) is 0.583. The van der Waals surface area contributed by atoms with Gasteiger partial charge in [0.05, 0.1) is 12.6 Å². The number of terminal acetylenes is 1.